The van der Waals surface area contributed by atoms with Crippen LogP contribution in [0.5, 0.6) is 0 Å². The van der Waals surface area contributed by atoms with Gasteiger partial charge in [0.1, 0.15) is 0 Å². The molecule has 1 unspecified atom stereocenters. The van der Waals surface area contributed by atoms with Gasteiger partial charge in [-0.05, 0) is 6.92 Å². The second kappa shape index (κ2) is 5.05. The Morgan fingerprint density at radius 3 is 2.80 bits per heavy atom. The van der Waals surface area contributed by atoms with E-state index < -0.39 is 6.16 Å². The molecule has 0 aliphatic heterocycles. The summed E-state index contributed by atoms with van der Waals surface area (Å²) in [7, 11) is -0.279. The molecule has 0 aromatic rings. The van der Waals surface area contributed by atoms with Crippen LogP contribution in [0.1, 0.15) is 6.92 Å². The number of carbonyl (C=O) groups is 1. The number of hydrogen-bond donors (Lipinski definition) is 0. The fraction of sp³-hybridized carbons (Fsp3) is 0.500. The number of ether oxygens (including phenoxy) is 2. The molecule has 0 saturated heterocycles. The first-order valence-corrected chi connectivity index (χ1v) is 5.42. The molecule has 0 aromatic heterocycles. The molecule has 0 heterocycles. The summed E-state index contributed by atoms with van der Waals surface area (Å²) >= 11 is 0. The minimum absolute atomic E-state index is 0.0486. The van der Waals surface area contributed by atoms with Crippen LogP contribution in [-0.4, -0.2) is 21.4 Å². The van der Waals surface area contributed by atoms with Crippen molar-refractivity contribution in [1.29, 1.82) is 0 Å². The van der Waals surface area contributed by atoms with Gasteiger partial charge in [0.15, 0.2) is 0 Å². The van der Waals surface area contributed by atoms with Gasteiger partial charge in [-0.2, -0.15) is 0 Å². The second-order valence-corrected chi connectivity index (χ2v) is 3.84. The first kappa shape index (κ1) is 9.23. The Bertz CT molecular complexity index is 124. The maximum atomic E-state index is 10.5. The molecule has 10 heavy (non-hydrogen) atoms. The van der Waals surface area contributed by atoms with Gasteiger partial charge in [0.25, 0.3) is 0 Å². The van der Waals surface area contributed by atoms with Crippen LogP contribution < -0.4 is 0 Å². The lowest BCUT2D eigenvalue weighted by Gasteiger charge is -2.07. The third-order valence-electron chi connectivity index (χ3n) is 1.05. The van der Waals surface area contributed by atoms with Crippen molar-refractivity contribution in [1.82, 2.24) is 0 Å². The standard InChI is InChI=1S/C6H12O3Si/c1-4-8-6(7)9-5(2)10-3/h4-5H,1,10H2,2-3H3. The van der Waals surface area contributed by atoms with E-state index in [1.165, 1.54) is 0 Å². The zero-order valence-corrected chi connectivity index (χ0v) is 7.71. The third kappa shape index (κ3) is 4.14. The zero-order chi connectivity index (χ0) is 7.98. The Kier molecular flexibility index (Phi) is 4.66. The van der Waals surface area contributed by atoms with E-state index in [0.717, 1.165) is 6.26 Å². The molecule has 0 radical (unpaired) electrons. The van der Waals surface area contributed by atoms with Crippen molar-refractivity contribution >= 4 is 15.7 Å². The fourth-order valence-electron chi connectivity index (χ4n) is 0.343. The van der Waals surface area contributed by atoms with Crippen LogP contribution >= 0.6 is 0 Å². The average Bonchev–Trinajstić information content (AvgIpc) is 1.88. The van der Waals surface area contributed by atoms with Crippen LogP contribution in [-0.2, 0) is 9.47 Å². The lowest BCUT2D eigenvalue weighted by atomic mass is 10.8. The summed E-state index contributed by atoms with van der Waals surface area (Å²) in [6.45, 7) is 7.14. The van der Waals surface area contributed by atoms with Crippen LogP contribution in [0.4, 0.5) is 4.79 Å². The predicted molar refractivity (Wildman–Crippen MR) is 41.6 cm³/mol. The molecule has 0 aliphatic carbocycles. The quantitative estimate of drug-likeness (QED) is 0.349. The zero-order valence-electron chi connectivity index (χ0n) is 6.29. The molecule has 58 valence electrons. The highest BCUT2D eigenvalue weighted by Crippen LogP contribution is 1.92. The molecular formula is C6H12O3Si. The van der Waals surface area contributed by atoms with E-state index in [-0.39, 0.29) is 15.2 Å². The first-order chi connectivity index (χ1) is 4.70. The Labute approximate surface area is 62.8 Å². The van der Waals surface area contributed by atoms with Crippen LogP contribution in [0.25, 0.3) is 0 Å². The number of carbonyl (C=O) groups excluding carboxylic acids is 1. The maximum Gasteiger partial charge on any atom is 0.513 e. The van der Waals surface area contributed by atoms with Gasteiger partial charge in [0.2, 0.25) is 0 Å². The van der Waals surface area contributed by atoms with Gasteiger partial charge in [0, 0.05) is 0 Å². The Morgan fingerprint density at radius 1 is 1.80 bits per heavy atom. The highest BCUT2D eigenvalue weighted by Gasteiger charge is 2.06. The Balaban J connectivity index is 3.46. The molecule has 0 rings (SSSR count). The number of hydrogen-bond acceptors (Lipinski definition) is 3. The van der Waals surface area contributed by atoms with Crippen LogP contribution in [0, 0.1) is 0 Å². The van der Waals surface area contributed by atoms with Crippen molar-refractivity contribution in [2.24, 2.45) is 0 Å². The third-order valence-corrected chi connectivity index (χ3v) is 2.37. The Hall–Kier alpha value is -0.773. The van der Waals surface area contributed by atoms with Crippen molar-refractivity contribution in [3.63, 3.8) is 0 Å². The molecule has 0 fully saturated rings. The molecule has 4 heteroatoms. The van der Waals surface area contributed by atoms with Gasteiger partial charge in [-0.15, -0.1) is 0 Å². The summed E-state index contributed by atoms with van der Waals surface area (Å²) in [5, 5.41) is 0. The maximum absolute atomic E-state index is 10.5. The molecule has 0 saturated carbocycles. The monoisotopic (exact) mass is 160 g/mol. The van der Waals surface area contributed by atoms with Crippen LogP contribution in [0.2, 0.25) is 6.55 Å². The minimum Gasteiger partial charge on any atom is -0.436 e. The van der Waals surface area contributed by atoms with Gasteiger partial charge in [-0.3, -0.25) is 0 Å². The van der Waals surface area contributed by atoms with Crippen LogP contribution in [0.3, 0.4) is 0 Å². The highest BCUT2D eigenvalue weighted by atomic mass is 28.2. The van der Waals surface area contributed by atoms with Crippen molar-refractivity contribution < 1.29 is 14.3 Å². The van der Waals surface area contributed by atoms with Gasteiger partial charge < -0.3 is 9.47 Å². The summed E-state index contributed by atoms with van der Waals surface area (Å²) in [6, 6.07) is 0. The second-order valence-electron chi connectivity index (χ2n) is 1.87. The van der Waals surface area contributed by atoms with Gasteiger partial charge in [-0.1, -0.05) is 13.1 Å². The summed E-state index contributed by atoms with van der Waals surface area (Å²) in [5.41, 5.74) is 0.0486. The SMILES string of the molecule is C=COC(=O)OC(C)[SiH2]C. The normalized spacial score (nSPS) is 13.0. The van der Waals surface area contributed by atoms with Gasteiger partial charge >= 0.3 is 6.16 Å². The van der Waals surface area contributed by atoms with Gasteiger partial charge in [0.05, 0.1) is 21.5 Å². The first-order valence-electron chi connectivity index (χ1n) is 3.18. The summed E-state index contributed by atoms with van der Waals surface area (Å²) in [4.78, 5) is 10.5. The predicted octanol–water partition coefficient (Wildman–Crippen LogP) is 0.846. The van der Waals surface area contributed by atoms with Crippen molar-refractivity contribution in [3.05, 3.63) is 12.8 Å². The lowest BCUT2D eigenvalue weighted by Crippen LogP contribution is -2.18. The van der Waals surface area contributed by atoms with E-state index in [0.29, 0.717) is 0 Å². The molecule has 1 atom stereocenters. The van der Waals surface area contributed by atoms with E-state index in [2.05, 4.69) is 17.9 Å². The molecule has 0 amide bonds. The van der Waals surface area contributed by atoms with E-state index in [1.54, 1.807) is 0 Å². The van der Waals surface area contributed by atoms with E-state index >= 15 is 0 Å². The minimum atomic E-state index is -0.656. The van der Waals surface area contributed by atoms with Crippen molar-refractivity contribution in [3.8, 4) is 0 Å². The molecular weight excluding hydrogens is 148 g/mol. The van der Waals surface area contributed by atoms with Crippen molar-refractivity contribution in [2.75, 3.05) is 0 Å². The highest BCUT2D eigenvalue weighted by molar-refractivity contribution is 6.35. The smallest absolute Gasteiger partial charge is 0.436 e. The topological polar surface area (TPSA) is 35.5 Å². The molecule has 0 bridgehead atoms. The van der Waals surface area contributed by atoms with E-state index in [4.69, 9.17) is 4.74 Å². The largest absolute Gasteiger partial charge is 0.513 e. The number of rotatable bonds is 3. The Morgan fingerprint density at radius 2 is 2.40 bits per heavy atom. The van der Waals surface area contributed by atoms with Crippen molar-refractivity contribution in [2.45, 2.75) is 19.2 Å². The van der Waals surface area contributed by atoms with E-state index in [1.807, 2.05) is 6.92 Å². The average molecular weight is 160 g/mol. The molecule has 0 aromatic carbocycles. The summed E-state index contributed by atoms with van der Waals surface area (Å²) in [5.74, 6) is 0. The lowest BCUT2D eigenvalue weighted by molar-refractivity contribution is 0.0775. The van der Waals surface area contributed by atoms with E-state index in [9.17, 15) is 4.79 Å². The summed E-state index contributed by atoms with van der Waals surface area (Å²) < 4.78 is 9.11. The molecule has 0 spiro atoms. The van der Waals surface area contributed by atoms with Crippen LogP contribution in [0.15, 0.2) is 12.8 Å². The fourth-order valence-corrected chi connectivity index (χ4v) is 0.646. The van der Waals surface area contributed by atoms with Gasteiger partial charge in [-0.25, -0.2) is 4.79 Å². The molecule has 3 nitrogen and oxygen atoms in total. The summed E-state index contributed by atoms with van der Waals surface area (Å²) in [6.07, 6.45) is 0.406. The molecule has 0 aliphatic rings. The molecule has 0 N–H and O–H groups in total.